The number of halogens is 2. The third-order valence-electron chi connectivity index (χ3n) is 2.47. The Balaban J connectivity index is 2.24. The minimum atomic E-state index is 0.508. The lowest BCUT2D eigenvalue weighted by Gasteiger charge is -2.04. The van der Waals surface area contributed by atoms with Gasteiger partial charge < -0.3 is 0 Å². The molecule has 0 spiro atoms. The van der Waals surface area contributed by atoms with Crippen molar-refractivity contribution >= 4 is 45.8 Å². The van der Waals surface area contributed by atoms with E-state index in [9.17, 15) is 0 Å². The predicted molar refractivity (Wildman–Crippen MR) is 74.1 cm³/mol. The topological polar surface area (TPSA) is 12.4 Å². The zero-order valence-electron chi connectivity index (χ0n) is 8.65. The van der Waals surface area contributed by atoms with Gasteiger partial charge in [0.1, 0.15) is 5.17 Å². The Labute approximate surface area is 113 Å². The van der Waals surface area contributed by atoms with Gasteiger partial charge in [0.15, 0.2) is 0 Å². The van der Waals surface area contributed by atoms with Crippen molar-refractivity contribution in [3.05, 3.63) is 53.1 Å². The summed E-state index contributed by atoms with van der Waals surface area (Å²) in [5.41, 5.74) is 1.79. The standard InChI is InChI=1S/C13H7Cl2NS/c14-8-5-6-12-10(7-8)16-13(15)9-3-1-2-4-11(9)17-12/h1-7H. The molecule has 1 heterocycles. The Bertz CT molecular complexity index is 623. The molecule has 0 radical (unpaired) electrons. The molecule has 0 aromatic heterocycles. The molecular weight excluding hydrogens is 273 g/mol. The van der Waals surface area contributed by atoms with Crippen LogP contribution in [0.4, 0.5) is 5.69 Å². The van der Waals surface area contributed by atoms with Gasteiger partial charge in [-0.1, -0.05) is 53.2 Å². The van der Waals surface area contributed by atoms with E-state index in [0.29, 0.717) is 10.2 Å². The Hall–Kier alpha value is -0.960. The molecular formula is C13H7Cl2NS. The van der Waals surface area contributed by atoms with Crippen LogP contribution in [-0.4, -0.2) is 5.17 Å². The van der Waals surface area contributed by atoms with Crippen molar-refractivity contribution in [1.29, 1.82) is 0 Å². The summed E-state index contributed by atoms with van der Waals surface area (Å²) in [6.07, 6.45) is 0. The zero-order valence-corrected chi connectivity index (χ0v) is 11.0. The SMILES string of the molecule is ClC1=Nc2cc(Cl)ccc2Sc2ccccc21. The van der Waals surface area contributed by atoms with Crippen LogP contribution in [0, 0.1) is 0 Å². The number of hydrogen-bond acceptors (Lipinski definition) is 2. The van der Waals surface area contributed by atoms with Gasteiger partial charge in [-0.2, -0.15) is 0 Å². The quantitative estimate of drug-likeness (QED) is 0.652. The average molecular weight is 280 g/mol. The molecule has 2 aromatic carbocycles. The first-order valence-corrected chi connectivity index (χ1v) is 6.62. The van der Waals surface area contributed by atoms with E-state index in [1.165, 1.54) is 0 Å². The van der Waals surface area contributed by atoms with Crippen LogP contribution in [0.25, 0.3) is 0 Å². The molecule has 0 aliphatic carbocycles. The molecule has 0 N–H and O–H groups in total. The first kappa shape index (κ1) is 11.1. The van der Waals surface area contributed by atoms with Crippen LogP contribution in [0.15, 0.2) is 57.2 Å². The highest BCUT2D eigenvalue weighted by molar-refractivity contribution is 7.99. The van der Waals surface area contributed by atoms with Crippen molar-refractivity contribution < 1.29 is 0 Å². The highest BCUT2D eigenvalue weighted by Crippen LogP contribution is 2.41. The molecule has 84 valence electrons. The normalized spacial score (nSPS) is 13.4. The molecule has 1 aliphatic heterocycles. The maximum absolute atomic E-state index is 6.23. The van der Waals surface area contributed by atoms with E-state index < -0.39 is 0 Å². The minimum Gasteiger partial charge on any atom is -0.235 e. The number of rotatable bonds is 0. The van der Waals surface area contributed by atoms with Crippen molar-refractivity contribution in [2.24, 2.45) is 4.99 Å². The lowest BCUT2D eigenvalue weighted by atomic mass is 10.2. The molecule has 3 rings (SSSR count). The summed E-state index contributed by atoms with van der Waals surface area (Å²) in [6, 6.07) is 13.6. The number of benzene rings is 2. The fraction of sp³-hybridized carbons (Fsp3) is 0. The largest absolute Gasteiger partial charge is 0.235 e. The van der Waals surface area contributed by atoms with Gasteiger partial charge in [-0.3, -0.25) is 0 Å². The smallest absolute Gasteiger partial charge is 0.138 e. The zero-order chi connectivity index (χ0) is 11.8. The fourth-order valence-corrected chi connectivity index (χ4v) is 3.16. The lowest BCUT2D eigenvalue weighted by molar-refractivity contribution is 1.38. The first-order valence-electron chi connectivity index (χ1n) is 5.05. The number of hydrogen-bond donors (Lipinski definition) is 0. The lowest BCUT2D eigenvalue weighted by Crippen LogP contribution is -1.90. The Morgan fingerprint density at radius 3 is 2.65 bits per heavy atom. The van der Waals surface area contributed by atoms with Gasteiger partial charge in [0.2, 0.25) is 0 Å². The summed E-state index contributed by atoms with van der Waals surface area (Å²) in [5.74, 6) is 0. The van der Waals surface area contributed by atoms with Gasteiger partial charge in [-0.15, -0.1) is 0 Å². The van der Waals surface area contributed by atoms with Crippen molar-refractivity contribution in [3.63, 3.8) is 0 Å². The van der Waals surface area contributed by atoms with Gasteiger partial charge in [0.25, 0.3) is 0 Å². The van der Waals surface area contributed by atoms with E-state index in [0.717, 1.165) is 21.0 Å². The van der Waals surface area contributed by atoms with E-state index in [4.69, 9.17) is 23.2 Å². The third kappa shape index (κ3) is 2.08. The second kappa shape index (κ2) is 4.37. The van der Waals surface area contributed by atoms with E-state index in [1.54, 1.807) is 11.8 Å². The Morgan fingerprint density at radius 2 is 1.76 bits per heavy atom. The average Bonchev–Trinajstić information content (AvgIpc) is 2.46. The molecule has 1 aliphatic rings. The van der Waals surface area contributed by atoms with Crippen molar-refractivity contribution in [1.82, 2.24) is 0 Å². The second-order valence-electron chi connectivity index (χ2n) is 3.61. The monoisotopic (exact) mass is 279 g/mol. The highest BCUT2D eigenvalue weighted by atomic mass is 35.5. The Morgan fingerprint density at radius 1 is 0.941 bits per heavy atom. The summed E-state index contributed by atoms with van der Waals surface area (Å²) >= 11 is 13.9. The summed E-state index contributed by atoms with van der Waals surface area (Å²) < 4.78 is 0. The molecule has 0 bridgehead atoms. The van der Waals surface area contributed by atoms with Crippen LogP contribution in [0.2, 0.25) is 5.02 Å². The number of fused-ring (bicyclic) bond motifs is 2. The van der Waals surface area contributed by atoms with Crippen LogP contribution in [-0.2, 0) is 0 Å². The molecule has 0 saturated carbocycles. The van der Waals surface area contributed by atoms with Gasteiger partial charge in [0, 0.05) is 20.4 Å². The molecule has 0 saturated heterocycles. The van der Waals surface area contributed by atoms with Crippen LogP contribution < -0.4 is 0 Å². The molecule has 1 nitrogen and oxygen atoms in total. The number of aliphatic imine (C=N–C) groups is 1. The number of nitrogens with zero attached hydrogens (tertiary/aromatic N) is 1. The molecule has 2 aromatic rings. The highest BCUT2D eigenvalue weighted by Gasteiger charge is 2.15. The summed E-state index contributed by atoms with van der Waals surface area (Å²) in [5, 5.41) is 1.18. The van der Waals surface area contributed by atoms with E-state index in [2.05, 4.69) is 4.99 Å². The molecule has 4 heteroatoms. The van der Waals surface area contributed by atoms with E-state index in [-0.39, 0.29) is 0 Å². The third-order valence-corrected chi connectivity index (χ3v) is 4.13. The molecule has 0 fully saturated rings. The van der Waals surface area contributed by atoms with Crippen molar-refractivity contribution in [2.75, 3.05) is 0 Å². The molecule has 0 atom stereocenters. The fourth-order valence-electron chi connectivity index (χ4n) is 1.67. The molecule has 17 heavy (non-hydrogen) atoms. The van der Waals surface area contributed by atoms with Gasteiger partial charge in [-0.25, -0.2) is 4.99 Å². The van der Waals surface area contributed by atoms with Gasteiger partial charge in [0.05, 0.1) is 5.69 Å². The maximum Gasteiger partial charge on any atom is 0.138 e. The van der Waals surface area contributed by atoms with Crippen LogP contribution in [0.3, 0.4) is 0 Å². The minimum absolute atomic E-state index is 0.508. The second-order valence-corrected chi connectivity index (χ2v) is 5.49. The first-order chi connectivity index (χ1) is 8.24. The van der Waals surface area contributed by atoms with Gasteiger partial charge in [-0.05, 0) is 24.3 Å². The van der Waals surface area contributed by atoms with E-state index >= 15 is 0 Å². The Kier molecular flexibility index (Phi) is 2.87. The summed E-state index contributed by atoms with van der Waals surface area (Å²) in [4.78, 5) is 6.60. The molecule has 0 unspecified atom stereocenters. The molecule has 0 amide bonds. The maximum atomic E-state index is 6.23. The summed E-state index contributed by atoms with van der Waals surface area (Å²) in [6.45, 7) is 0. The van der Waals surface area contributed by atoms with Crippen molar-refractivity contribution in [2.45, 2.75) is 9.79 Å². The van der Waals surface area contributed by atoms with Gasteiger partial charge >= 0.3 is 0 Å². The van der Waals surface area contributed by atoms with E-state index in [1.807, 2.05) is 42.5 Å². The van der Waals surface area contributed by atoms with Crippen LogP contribution in [0.5, 0.6) is 0 Å². The van der Waals surface area contributed by atoms with Crippen molar-refractivity contribution in [3.8, 4) is 0 Å². The van der Waals surface area contributed by atoms with Crippen LogP contribution >= 0.6 is 35.0 Å². The van der Waals surface area contributed by atoms with Crippen LogP contribution in [0.1, 0.15) is 5.56 Å². The predicted octanol–water partition coefficient (Wildman–Crippen LogP) is 5.12. The summed E-state index contributed by atoms with van der Waals surface area (Å²) in [7, 11) is 0.